The van der Waals surface area contributed by atoms with Gasteiger partial charge in [0.1, 0.15) is 5.54 Å². The first-order valence-electron chi connectivity index (χ1n) is 9.10. The molecule has 1 heterocycles. The van der Waals surface area contributed by atoms with E-state index in [1.807, 2.05) is 6.92 Å². The summed E-state index contributed by atoms with van der Waals surface area (Å²) in [5.74, 6) is -0.209. The van der Waals surface area contributed by atoms with Gasteiger partial charge >= 0.3 is 6.03 Å². The van der Waals surface area contributed by atoms with Gasteiger partial charge in [0.05, 0.1) is 0 Å². The van der Waals surface area contributed by atoms with E-state index in [1.54, 1.807) is 13.8 Å². The maximum absolute atomic E-state index is 12.3. The van der Waals surface area contributed by atoms with Gasteiger partial charge in [0.15, 0.2) is 0 Å². The lowest BCUT2D eigenvalue weighted by Gasteiger charge is -2.29. The number of carbonyl (C=O) groups excluding carboxylic acids is 2. The molecule has 6 heteroatoms. The molecule has 0 bridgehead atoms. The van der Waals surface area contributed by atoms with Crippen molar-refractivity contribution in [2.45, 2.75) is 52.1 Å². The SMILES string of the molecule is CCNC(=O)NC(C)(C)C(=O)NCc1ccc(N2CCCCC2)cc1. The van der Waals surface area contributed by atoms with Crippen molar-refractivity contribution in [2.24, 2.45) is 0 Å². The summed E-state index contributed by atoms with van der Waals surface area (Å²) in [7, 11) is 0. The highest BCUT2D eigenvalue weighted by Gasteiger charge is 2.29. The van der Waals surface area contributed by atoms with Gasteiger partial charge in [-0.2, -0.15) is 0 Å². The highest BCUT2D eigenvalue weighted by atomic mass is 16.2. The Kier molecular flexibility index (Phi) is 6.67. The van der Waals surface area contributed by atoms with Gasteiger partial charge in [0.2, 0.25) is 5.91 Å². The van der Waals surface area contributed by atoms with Gasteiger partial charge in [0, 0.05) is 31.9 Å². The number of benzene rings is 1. The van der Waals surface area contributed by atoms with Crippen LogP contribution in [0.4, 0.5) is 10.5 Å². The van der Waals surface area contributed by atoms with E-state index < -0.39 is 5.54 Å². The van der Waals surface area contributed by atoms with E-state index in [0.29, 0.717) is 13.1 Å². The minimum atomic E-state index is -0.965. The zero-order valence-corrected chi connectivity index (χ0v) is 15.5. The summed E-state index contributed by atoms with van der Waals surface area (Å²) in [6, 6.07) is 7.99. The summed E-state index contributed by atoms with van der Waals surface area (Å²) >= 11 is 0. The normalized spacial score (nSPS) is 14.8. The lowest BCUT2D eigenvalue weighted by Crippen LogP contribution is -2.56. The Morgan fingerprint density at radius 3 is 2.28 bits per heavy atom. The summed E-state index contributed by atoms with van der Waals surface area (Å²) in [5.41, 5.74) is 1.32. The van der Waals surface area contributed by atoms with Crippen molar-refractivity contribution in [2.75, 3.05) is 24.5 Å². The molecule has 1 aromatic carbocycles. The van der Waals surface area contributed by atoms with Crippen molar-refractivity contribution < 1.29 is 9.59 Å². The molecule has 25 heavy (non-hydrogen) atoms. The molecule has 1 saturated heterocycles. The molecule has 0 unspecified atom stereocenters. The van der Waals surface area contributed by atoms with Crippen molar-refractivity contribution in [3.8, 4) is 0 Å². The molecule has 1 aliphatic rings. The third-order valence-electron chi connectivity index (χ3n) is 4.44. The van der Waals surface area contributed by atoms with Crippen LogP contribution in [0.2, 0.25) is 0 Å². The van der Waals surface area contributed by atoms with Crippen LogP contribution in [0.1, 0.15) is 45.6 Å². The number of nitrogens with one attached hydrogen (secondary N) is 3. The molecular formula is C19H30N4O2. The van der Waals surface area contributed by atoms with Gasteiger partial charge in [0.25, 0.3) is 0 Å². The molecular weight excluding hydrogens is 316 g/mol. The molecule has 0 saturated carbocycles. The molecule has 1 fully saturated rings. The van der Waals surface area contributed by atoms with Crippen LogP contribution < -0.4 is 20.9 Å². The number of hydrogen-bond donors (Lipinski definition) is 3. The Labute approximate surface area is 150 Å². The number of urea groups is 1. The second kappa shape index (κ2) is 8.74. The fourth-order valence-corrected chi connectivity index (χ4v) is 2.93. The van der Waals surface area contributed by atoms with Crippen LogP contribution in [0.3, 0.4) is 0 Å². The second-order valence-electron chi connectivity index (χ2n) is 7.01. The lowest BCUT2D eigenvalue weighted by molar-refractivity contribution is -0.126. The molecule has 3 N–H and O–H groups in total. The predicted molar refractivity (Wildman–Crippen MR) is 101 cm³/mol. The van der Waals surface area contributed by atoms with Crippen LogP contribution in [0.5, 0.6) is 0 Å². The quantitative estimate of drug-likeness (QED) is 0.740. The molecule has 0 spiro atoms. The molecule has 0 aromatic heterocycles. The first-order chi connectivity index (χ1) is 11.9. The molecule has 0 aliphatic carbocycles. The molecule has 6 nitrogen and oxygen atoms in total. The monoisotopic (exact) mass is 346 g/mol. The number of piperidine rings is 1. The standard InChI is InChI=1S/C19H30N4O2/c1-4-20-18(25)22-19(2,3)17(24)21-14-15-8-10-16(11-9-15)23-12-6-5-7-13-23/h8-11H,4-7,12-14H2,1-3H3,(H,21,24)(H2,20,22,25). The van der Waals surface area contributed by atoms with Gasteiger partial charge in [-0.15, -0.1) is 0 Å². The van der Waals surface area contributed by atoms with E-state index in [-0.39, 0.29) is 11.9 Å². The summed E-state index contributed by atoms with van der Waals surface area (Å²) in [6.45, 7) is 8.42. The van der Waals surface area contributed by atoms with Gasteiger partial charge in [-0.25, -0.2) is 4.79 Å². The maximum atomic E-state index is 12.3. The molecule has 3 amide bonds. The average molecular weight is 346 g/mol. The van der Waals surface area contributed by atoms with Crippen molar-refractivity contribution in [3.05, 3.63) is 29.8 Å². The second-order valence-corrected chi connectivity index (χ2v) is 7.01. The number of rotatable bonds is 6. The van der Waals surface area contributed by atoms with Gasteiger partial charge in [-0.05, 0) is 57.7 Å². The van der Waals surface area contributed by atoms with Crippen molar-refractivity contribution >= 4 is 17.6 Å². The Hall–Kier alpha value is -2.24. The maximum Gasteiger partial charge on any atom is 0.315 e. The largest absolute Gasteiger partial charge is 0.372 e. The topological polar surface area (TPSA) is 73.5 Å². The third kappa shape index (κ3) is 5.66. The number of hydrogen-bond acceptors (Lipinski definition) is 3. The van der Waals surface area contributed by atoms with Gasteiger partial charge < -0.3 is 20.9 Å². The zero-order valence-electron chi connectivity index (χ0n) is 15.5. The Bertz CT molecular complexity index is 578. The van der Waals surface area contributed by atoms with E-state index in [0.717, 1.165) is 18.7 Å². The fourth-order valence-electron chi connectivity index (χ4n) is 2.93. The van der Waals surface area contributed by atoms with Crippen LogP contribution in [-0.4, -0.2) is 37.1 Å². The highest BCUT2D eigenvalue weighted by molar-refractivity contribution is 5.90. The zero-order chi connectivity index (χ0) is 18.3. The van der Waals surface area contributed by atoms with E-state index >= 15 is 0 Å². The number of anilines is 1. The highest BCUT2D eigenvalue weighted by Crippen LogP contribution is 2.20. The van der Waals surface area contributed by atoms with E-state index in [1.165, 1.54) is 24.9 Å². The Morgan fingerprint density at radius 1 is 1.04 bits per heavy atom. The van der Waals surface area contributed by atoms with Gasteiger partial charge in [-0.1, -0.05) is 12.1 Å². The van der Waals surface area contributed by atoms with Crippen LogP contribution in [-0.2, 0) is 11.3 Å². The smallest absolute Gasteiger partial charge is 0.315 e. The molecule has 138 valence electrons. The third-order valence-corrected chi connectivity index (χ3v) is 4.44. The number of amides is 3. The summed E-state index contributed by atoms with van der Waals surface area (Å²) in [5, 5.41) is 8.20. The van der Waals surface area contributed by atoms with Crippen LogP contribution in [0, 0.1) is 0 Å². The minimum absolute atomic E-state index is 0.209. The number of carbonyl (C=O) groups is 2. The summed E-state index contributed by atoms with van der Waals surface area (Å²) in [4.78, 5) is 26.4. The predicted octanol–water partition coefficient (Wildman–Crippen LogP) is 2.39. The van der Waals surface area contributed by atoms with E-state index in [4.69, 9.17) is 0 Å². The van der Waals surface area contributed by atoms with E-state index in [2.05, 4.69) is 45.1 Å². The van der Waals surface area contributed by atoms with Gasteiger partial charge in [-0.3, -0.25) is 4.79 Å². The molecule has 1 aromatic rings. The van der Waals surface area contributed by atoms with Crippen molar-refractivity contribution in [1.29, 1.82) is 0 Å². The molecule has 0 radical (unpaired) electrons. The summed E-state index contributed by atoms with van der Waals surface area (Å²) < 4.78 is 0. The first-order valence-corrected chi connectivity index (χ1v) is 9.10. The van der Waals surface area contributed by atoms with Crippen molar-refractivity contribution in [3.63, 3.8) is 0 Å². The molecule has 2 rings (SSSR count). The van der Waals surface area contributed by atoms with Crippen molar-refractivity contribution in [1.82, 2.24) is 16.0 Å². The fraction of sp³-hybridized carbons (Fsp3) is 0.579. The van der Waals surface area contributed by atoms with E-state index in [9.17, 15) is 9.59 Å². The Balaban J connectivity index is 1.85. The molecule has 0 atom stereocenters. The van der Waals surface area contributed by atoms with Crippen LogP contribution >= 0.6 is 0 Å². The Morgan fingerprint density at radius 2 is 1.68 bits per heavy atom. The van der Waals surface area contributed by atoms with Crippen LogP contribution in [0.15, 0.2) is 24.3 Å². The number of nitrogens with zero attached hydrogens (tertiary/aromatic N) is 1. The van der Waals surface area contributed by atoms with Crippen LogP contribution in [0.25, 0.3) is 0 Å². The minimum Gasteiger partial charge on any atom is -0.372 e. The average Bonchev–Trinajstić information content (AvgIpc) is 2.60. The molecule has 1 aliphatic heterocycles. The summed E-state index contributed by atoms with van der Waals surface area (Å²) in [6.07, 6.45) is 3.83. The lowest BCUT2D eigenvalue weighted by atomic mass is 10.0. The first kappa shape index (κ1) is 19.1.